The average molecular weight is 798 g/mol. The van der Waals surface area contributed by atoms with Gasteiger partial charge >= 0.3 is 0 Å². The van der Waals surface area contributed by atoms with Crippen LogP contribution in [0.3, 0.4) is 0 Å². The number of piperidine rings is 1. The lowest BCUT2D eigenvalue weighted by atomic mass is 9.72. The average Bonchev–Trinajstić information content (AvgIpc) is 3.77. The second-order valence-electron chi connectivity index (χ2n) is 16.8. The topological polar surface area (TPSA) is 129 Å². The predicted octanol–water partition coefficient (Wildman–Crippen LogP) is 4.11. The van der Waals surface area contributed by atoms with E-state index >= 15 is 8.78 Å². The van der Waals surface area contributed by atoms with Crippen molar-refractivity contribution in [3.8, 4) is 0 Å². The van der Waals surface area contributed by atoms with Crippen LogP contribution in [0.25, 0.3) is 10.9 Å². The number of H-pyrrole nitrogens is 1. The summed E-state index contributed by atoms with van der Waals surface area (Å²) < 4.78 is 60.1. The van der Waals surface area contributed by atoms with Crippen molar-refractivity contribution >= 4 is 46.1 Å². The minimum Gasteiger partial charge on any atom is -0.370 e. The van der Waals surface area contributed by atoms with E-state index in [1.165, 1.54) is 17.0 Å². The number of likely N-dealkylation sites (tertiary alicyclic amines) is 1. The molecule has 4 aromatic rings. The number of benzene rings is 3. The Bertz CT molecular complexity index is 2410. The first kappa shape index (κ1) is 36.7. The van der Waals surface area contributed by atoms with Gasteiger partial charge in [-0.1, -0.05) is 18.2 Å². The van der Waals surface area contributed by atoms with Crippen molar-refractivity contribution in [2.24, 2.45) is 5.41 Å². The highest BCUT2D eigenvalue weighted by Crippen LogP contribution is 2.46. The molecule has 6 aliphatic rings. The second-order valence-corrected chi connectivity index (χ2v) is 16.8. The van der Waals surface area contributed by atoms with Crippen molar-refractivity contribution in [3.63, 3.8) is 0 Å². The van der Waals surface area contributed by atoms with Gasteiger partial charge in [-0.3, -0.25) is 44.0 Å². The number of hydrogen-bond acceptors (Lipinski definition) is 8. The van der Waals surface area contributed by atoms with Gasteiger partial charge in [0.25, 0.3) is 18.2 Å². The number of carbonyl (C=O) groups excluding carboxylic acids is 5. The minimum atomic E-state index is -2.69. The lowest BCUT2D eigenvalue weighted by Gasteiger charge is -2.61. The first-order valence-corrected chi connectivity index (χ1v) is 19.5. The maximum atomic E-state index is 16.2. The number of fused-ring (bicyclic) bond motifs is 5. The van der Waals surface area contributed by atoms with Crippen molar-refractivity contribution in [2.75, 3.05) is 44.2 Å². The summed E-state index contributed by atoms with van der Waals surface area (Å²) >= 11 is 0. The number of anilines is 1. The van der Waals surface area contributed by atoms with Crippen LogP contribution in [0.5, 0.6) is 0 Å². The Morgan fingerprint density at radius 2 is 1.57 bits per heavy atom. The van der Waals surface area contributed by atoms with Crippen molar-refractivity contribution in [2.45, 2.75) is 63.8 Å². The Morgan fingerprint density at radius 1 is 0.914 bits per heavy atom. The molecule has 5 amide bonds. The monoisotopic (exact) mass is 797 g/mol. The van der Waals surface area contributed by atoms with Crippen LogP contribution in [0.2, 0.25) is 0 Å². The SMILES string of the molecule is C[C@@H]1Cc2c([nH]c3ccccc23)[C@@H](c2c(F)cc(N3CC4(CN(C(=O)CN5Cc6cc7c(cc6C5)C(=O)N(C5CCC(=O)NC5=O)C7=O)C4)C3)cc2F)N1CC(F)F. The lowest BCUT2D eigenvalue weighted by molar-refractivity contribution is -0.146. The Hall–Kier alpha value is -5.61. The van der Waals surface area contributed by atoms with E-state index in [4.69, 9.17) is 0 Å². The first-order valence-electron chi connectivity index (χ1n) is 19.5. The van der Waals surface area contributed by atoms with Gasteiger partial charge in [-0.05, 0) is 66.8 Å². The first-order chi connectivity index (χ1) is 27.8. The van der Waals surface area contributed by atoms with Gasteiger partial charge in [-0.25, -0.2) is 17.6 Å². The molecule has 12 nitrogen and oxygen atoms in total. The summed E-state index contributed by atoms with van der Waals surface area (Å²) in [6, 6.07) is 10.9. The molecule has 3 atom stereocenters. The van der Waals surface area contributed by atoms with Gasteiger partial charge in [0.1, 0.15) is 17.7 Å². The number of hydrogen-bond donors (Lipinski definition) is 2. The highest BCUT2D eigenvalue weighted by atomic mass is 19.3. The Kier molecular flexibility index (Phi) is 8.36. The van der Waals surface area contributed by atoms with Crippen LogP contribution in [0.1, 0.15) is 74.5 Å². The zero-order chi connectivity index (χ0) is 40.4. The summed E-state index contributed by atoms with van der Waals surface area (Å²) in [5.74, 6) is -3.94. The third-order valence-corrected chi connectivity index (χ3v) is 12.9. The number of aromatic amines is 1. The van der Waals surface area contributed by atoms with Crippen LogP contribution in [0, 0.1) is 17.0 Å². The van der Waals surface area contributed by atoms with Gasteiger partial charge in [0, 0.05) is 85.0 Å². The van der Waals surface area contributed by atoms with Gasteiger partial charge in [0.05, 0.1) is 30.3 Å². The molecule has 3 aromatic carbocycles. The molecular weight excluding hydrogens is 758 g/mol. The molecule has 1 unspecified atom stereocenters. The van der Waals surface area contributed by atoms with E-state index in [2.05, 4.69) is 10.3 Å². The minimum absolute atomic E-state index is 0.0371. The van der Waals surface area contributed by atoms with E-state index < -0.39 is 60.3 Å². The fraction of sp³-hybridized carbons (Fsp3) is 0.405. The number of para-hydroxylation sites is 1. The van der Waals surface area contributed by atoms with E-state index in [1.54, 1.807) is 24.0 Å². The number of halogens is 4. The Balaban J connectivity index is 0.777. The van der Waals surface area contributed by atoms with E-state index in [0.29, 0.717) is 57.1 Å². The van der Waals surface area contributed by atoms with E-state index in [-0.39, 0.29) is 53.4 Å². The predicted molar refractivity (Wildman–Crippen MR) is 201 cm³/mol. The number of nitrogens with zero attached hydrogens (tertiary/aromatic N) is 5. The van der Waals surface area contributed by atoms with Crippen molar-refractivity contribution < 1.29 is 41.5 Å². The molecule has 1 aromatic heterocycles. The van der Waals surface area contributed by atoms with Crippen LogP contribution < -0.4 is 10.2 Å². The molecule has 16 heteroatoms. The molecule has 58 heavy (non-hydrogen) atoms. The highest BCUT2D eigenvalue weighted by Gasteiger charge is 2.54. The largest absolute Gasteiger partial charge is 0.370 e. The molecule has 6 aliphatic heterocycles. The van der Waals surface area contributed by atoms with Gasteiger partial charge < -0.3 is 14.8 Å². The summed E-state index contributed by atoms with van der Waals surface area (Å²) in [6.07, 6.45) is -2.12. The number of aromatic nitrogens is 1. The number of imide groups is 2. The molecule has 7 heterocycles. The smallest absolute Gasteiger partial charge is 0.262 e. The number of carbonyl (C=O) groups is 5. The van der Waals surface area contributed by atoms with Crippen molar-refractivity contribution in [3.05, 3.63) is 99.2 Å². The molecule has 3 fully saturated rings. The molecule has 0 saturated carbocycles. The number of rotatable bonds is 7. The van der Waals surface area contributed by atoms with Crippen LogP contribution >= 0.6 is 0 Å². The van der Waals surface area contributed by atoms with Crippen LogP contribution in [-0.2, 0) is 33.9 Å². The summed E-state index contributed by atoms with van der Waals surface area (Å²) in [4.78, 5) is 75.2. The van der Waals surface area contributed by atoms with Gasteiger partial charge in [0.15, 0.2) is 0 Å². The molecule has 3 saturated heterocycles. The molecule has 0 bridgehead atoms. The molecule has 2 N–H and O–H groups in total. The molecule has 0 radical (unpaired) electrons. The second kappa shape index (κ2) is 13.2. The van der Waals surface area contributed by atoms with Gasteiger partial charge in [0.2, 0.25) is 17.7 Å². The summed E-state index contributed by atoms with van der Waals surface area (Å²) in [5.41, 5.74) is 4.11. The summed E-state index contributed by atoms with van der Waals surface area (Å²) in [7, 11) is 0. The lowest BCUT2D eigenvalue weighted by Crippen LogP contribution is -2.73. The number of nitrogens with one attached hydrogen (secondary N) is 2. The van der Waals surface area contributed by atoms with Crippen LogP contribution in [0.4, 0.5) is 23.2 Å². The third kappa shape index (κ3) is 5.74. The molecule has 1 spiro atoms. The third-order valence-electron chi connectivity index (χ3n) is 12.9. The summed E-state index contributed by atoms with van der Waals surface area (Å²) in [6.45, 7) is 4.07. The van der Waals surface area contributed by atoms with E-state index in [1.807, 2.05) is 34.1 Å². The number of amides is 5. The maximum Gasteiger partial charge on any atom is 0.262 e. The van der Waals surface area contributed by atoms with E-state index in [0.717, 1.165) is 32.5 Å². The zero-order valence-electron chi connectivity index (χ0n) is 31.5. The fourth-order valence-corrected chi connectivity index (χ4v) is 10.2. The normalized spacial score (nSPS) is 24.0. The number of alkyl halides is 2. The zero-order valence-corrected chi connectivity index (χ0v) is 31.5. The van der Waals surface area contributed by atoms with E-state index in [9.17, 15) is 32.8 Å². The van der Waals surface area contributed by atoms with Gasteiger partial charge in [-0.2, -0.15) is 0 Å². The van der Waals surface area contributed by atoms with Crippen molar-refractivity contribution in [1.82, 2.24) is 29.9 Å². The quantitative estimate of drug-likeness (QED) is 0.211. The highest BCUT2D eigenvalue weighted by molar-refractivity contribution is 6.23. The Morgan fingerprint density at radius 3 is 2.21 bits per heavy atom. The molecule has 0 aliphatic carbocycles. The molecular formula is C42H39F4N7O5. The summed E-state index contributed by atoms with van der Waals surface area (Å²) in [5, 5.41) is 3.11. The Labute approximate surface area is 329 Å². The molecule has 10 rings (SSSR count). The van der Waals surface area contributed by atoms with Gasteiger partial charge in [-0.15, -0.1) is 0 Å². The molecule has 300 valence electrons. The maximum absolute atomic E-state index is 16.2. The van der Waals surface area contributed by atoms with Crippen LogP contribution in [-0.4, -0.2) is 112 Å². The van der Waals surface area contributed by atoms with Crippen molar-refractivity contribution in [1.29, 1.82) is 0 Å². The fourth-order valence-electron chi connectivity index (χ4n) is 10.2. The van der Waals surface area contributed by atoms with Crippen LogP contribution in [0.15, 0.2) is 48.5 Å². The standard InChI is InChI=1S/C42H39F4N7O5/c1-21-8-26-25-4-2-3-5-31(25)47-37(26)38(52(21)15-33(45)46)36-29(43)11-24(12-30(36)44)50-17-42(18-50)19-51(20-42)35(55)16-49-13-22-9-27-28(10-23(22)14-49)41(58)53(40(27)57)32-6-7-34(54)48-39(32)56/h2-5,9-12,21,32-33,38,47H,6-8,13-20H2,1H3,(H,48,54,56)/t21-,32?,38-/m1/s1.